The molecule has 1 heterocycles. The van der Waals surface area contributed by atoms with Gasteiger partial charge in [-0.3, -0.25) is 4.79 Å². The number of rotatable bonds is 7. The average molecular weight is 484 g/mol. The molecule has 0 unspecified atom stereocenters. The summed E-state index contributed by atoms with van der Waals surface area (Å²) in [6.07, 6.45) is 5.95. The van der Waals surface area contributed by atoms with Crippen molar-refractivity contribution in [3.8, 4) is 0 Å². The van der Waals surface area contributed by atoms with E-state index in [1.165, 1.54) is 0 Å². The van der Waals surface area contributed by atoms with Crippen LogP contribution in [-0.2, 0) is 31.1 Å². The summed E-state index contributed by atoms with van der Waals surface area (Å²) in [4.78, 5) is 13.2. The van der Waals surface area contributed by atoms with E-state index in [4.69, 9.17) is 0 Å². The van der Waals surface area contributed by atoms with Crippen LogP contribution in [0, 0.1) is 11.8 Å². The van der Waals surface area contributed by atoms with Crippen LogP contribution in [0.1, 0.15) is 71.3 Å². The van der Waals surface area contributed by atoms with Crippen LogP contribution in [0.5, 0.6) is 0 Å². The van der Waals surface area contributed by atoms with E-state index in [1.807, 2.05) is 6.07 Å². The molecule has 6 nitrogen and oxygen atoms in total. The van der Waals surface area contributed by atoms with Crippen LogP contribution in [-0.4, -0.2) is 50.5 Å². The highest BCUT2D eigenvalue weighted by Gasteiger charge is 2.34. The number of hydrogen-bond donors (Lipinski definition) is 0. The maximum absolute atomic E-state index is 12.9. The Hall–Kier alpha value is -1.25. The quantitative estimate of drug-likeness (QED) is 0.585. The zero-order chi connectivity index (χ0) is 23.6. The molecule has 0 radical (unpaired) electrons. The molecule has 1 aliphatic carbocycles. The number of carbonyl (C=O) groups is 1. The number of benzene rings is 1. The van der Waals surface area contributed by atoms with Crippen molar-refractivity contribution in [2.24, 2.45) is 11.8 Å². The molecular weight excluding hydrogens is 446 g/mol. The molecule has 1 saturated carbocycles. The Morgan fingerprint density at radius 2 is 1.59 bits per heavy atom. The fourth-order valence-electron chi connectivity index (χ4n) is 4.63. The highest BCUT2D eigenvalue weighted by Crippen LogP contribution is 2.33. The topological polar surface area (TPSA) is 88.6 Å². The lowest BCUT2D eigenvalue weighted by atomic mass is 9.79. The minimum absolute atomic E-state index is 0.0778. The molecule has 1 aromatic carbocycles. The van der Waals surface area contributed by atoms with Gasteiger partial charge in [-0.1, -0.05) is 18.6 Å². The normalized spacial score (nSPS) is 23.7. The van der Waals surface area contributed by atoms with E-state index in [-0.39, 0.29) is 34.7 Å². The number of sulfonamides is 1. The lowest BCUT2D eigenvalue weighted by Gasteiger charge is -2.30. The van der Waals surface area contributed by atoms with Crippen molar-refractivity contribution < 1.29 is 21.6 Å². The molecule has 180 valence electrons. The van der Waals surface area contributed by atoms with E-state index >= 15 is 0 Å². The first kappa shape index (κ1) is 25.4. The van der Waals surface area contributed by atoms with Gasteiger partial charge in [-0.25, -0.2) is 16.8 Å². The SMILES string of the molecule is CC(C)(C)S(=O)(=O)CC1CCC(C(=O)Cc2cccc(S(=O)(=O)N3CCCCC3)c2)CC1. The zero-order valence-corrected chi connectivity index (χ0v) is 21.2. The maximum Gasteiger partial charge on any atom is 0.243 e. The summed E-state index contributed by atoms with van der Waals surface area (Å²) in [5.41, 5.74) is 0.727. The van der Waals surface area contributed by atoms with Crippen molar-refractivity contribution in [3.63, 3.8) is 0 Å². The first-order valence-corrected chi connectivity index (χ1v) is 14.8. The molecule has 2 aliphatic rings. The van der Waals surface area contributed by atoms with Crippen LogP contribution in [0.3, 0.4) is 0 Å². The second kappa shape index (κ2) is 9.94. The zero-order valence-electron chi connectivity index (χ0n) is 19.5. The number of Topliss-reactive ketones (excluding diaryl/α,β-unsaturated/α-hetero) is 1. The Morgan fingerprint density at radius 3 is 2.19 bits per heavy atom. The third-order valence-electron chi connectivity index (χ3n) is 6.92. The Kier molecular flexibility index (Phi) is 7.88. The average Bonchev–Trinajstić information content (AvgIpc) is 2.74. The highest BCUT2D eigenvalue weighted by molar-refractivity contribution is 7.92. The Morgan fingerprint density at radius 1 is 0.969 bits per heavy atom. The Labute approximate surface area is 193 Å². The molecule has 0 bridgehead atoms. The minimum Gasteiger partial charge on any atom is -0.299 e. The first-order valence-electron chi connectivity index (χ1n) is 11.7. The lowest BCUT2D eigenvalue weighted by Crippen LogP contribution is -2.35. The van der Waals surface area contributed by atoms with Crippen LogP contribution in [0.4, 0.5) is 0 Å². The van der Waals surface area contributed by atoms with Crippen molar-refractivity contribution >= 4 is 25.6 Å². The molecule has 32 heavy (non-hydrogen) atoms. The fourth-order valence-corrected chi connectivity index (χ4v) is 7.67. The molecule has 0 amide bonds. The summed E-state index contributed by atoms with van der Waals surface area (Å²) < 4.78 is 51.6. The number of sulfone groups is 1. The molecular formula is C24H37NO5S2. The third kappa shape index (κ3) is 6.00. The van der Waals surface area contributed by atoms with Crippen LogP contribution >= 0.6 is 0 Å². The summed E-state index contributed by atoms with van der Waals surface area (Å²) in [5, 5.41) is 0. The van der Waals surface area contributed by atoms with Crippen LogP contribution in [0.25, 0.3) is 0 Å². The van der Waals surface area contributed by atoms with Crippen molar-refractivity contribution in [1.82, 2.24) is 4.31 Å². The van der Waals surface area contributed by atoms with E-state index in [0.717, 1.165) is 37.7 Å². The molecule has 8 heteroatoms. The number of ketones is 1. The van der Waals surface area contributed by atoms with Crippen LogP contribution in [0.15, 0.2) is 29.2 Å². The van der Waals surface area contributed by atoms with E-state index < -0.39 is 24.6 Å². The molecule has 3 rings (SSSR count). The van der Waals surface area contributed by atoms with E-state index in [1.54, 1.807) is 43.3 Å². The van der Waals surface area contributed by atoms with Gasteiger partial charge >= 0.3 is 0 Å². The monoisotopic (exact) mass is 483 g/mol. The van der Waals surface area contributed by atoms with Gasteiger partial charge in [-0.15, -0.1) is 0 Å². The van der Waals surface area contributed by atoms with Gasteiger partial charge in [0.05, 0.1) is 15.4 Å². The summed E-state index contributed by atoms with van der Waals surface area (Å²) in [7, 11) is -6.67. The lowest BCUT2D eigenvalue weighted by molar-refractivity contribution is -0.123. The van der Waals surface area contributed by atoms with Crippen molar-refractivity contribution in [3.05, 3.63) is 29.8 Å². The van der Waals surface area contributed by atoms with Crippen molar-refractivity contribution in [1.29, 1.82) is 0 Å². The van der Waals surface area contributed by atoms with Crippen LogP contribution in [0.2, 0.25) is 0 Å². The summed E-state index contributed by atoms with van der Waals surface area (Å²) in [6, 6.07) is 6.78. The molecule has 1 aromatic rings. The summed E-state index contributed by atoms with van der Waals surface area (Å²) in [6.45, 7) is 6.31. The van der Waals surface area contributed by atoms with Gasteiger partial charge in [0.2, 0.25) is 10.0 Å². The van der Waals surface area contributed by atoms with E-state index in [2.05, 4.69) is 0 Å². The third-order valence-corrected chi connectivity index (χ3v) is 11.6. The minimum atomic E-state index is -3.52. The number of carbonyl (C=O) groups excluding carboxylic acids is 1. The molecule has 0 atom stereocenters. The molecule has 1 aliphatic heterocycles. The molecule has 0 spiro atoms. The summed E-state index contributed by atoms with van der Waals surface area (Å²) in [5.74, 6) is 0.343. The van der Waals surface area contributed by atoms with Crippen LogP contribution < -0.4 is 0 Å². The number of nitrogens with zero attached hydrogens (tertiary/aromatic N) is 1. The molecule has 0 aromatic heterocycles. The largest absolute Gasteiger partial charge is 0.299 e. The number of hydrogen-bond acceptors (Lipinski definition) is 5. The predicted molar refractivity (Wildman–Crippen MR) is 127 cm³/mol. The van der Waals surface area contributed by atoms with Gasteiger partial charge in [-0.2, -0.15) is 4.31 Å². The predicted octanol–water partition coefficient (Wildman–Crippen LogP) is 3.99. The van der Waals surface area contributed by atoms with Gasteiger partial charge in [0.1, 0.15) is 5.78 Å². The standard InChI is InChI=1S/C24H37NO5S2/c1-24(2,3)31(27,28)18-19-10-12-21(13-11-19)23(26)17-20-8-7-9-22(16-20)32(29,30)25-14-5-4-6-15-25/h7-9,16,19,21H,4-6,10-15,17-18H2,1-3H3. The second-order valence-corrected chi connectivity index (χ2v) is 15.1. The second-order valence-electron chi connectivity index (χ2n) is 10.4. The highest BCUT2D eigenvalue weighted by atomic mass is 32.2. The van der Waals surface area contributed by atoms with Gasteiger partial charge in [-0.05, 0) is 82.9 Å². The van der Waals surface area contributed by atoms with Gasteiger partial charge in [0.25, 0.3) is 0 Å². The smallest absolute Gasteiger partial charge is 0.243 e. The summed E-state index contributed by atoms with van der Waals surface area (Å²) >= 11 is 0. The van der Waals surface area contributed by atoms with Crippen molar-refractivity contribution in [2.75, 3.05) is 18.8 Å². The molecule has 1 saturated heterocycles. The molecule has 2 fully saturated rings. The van der Waals surface area contributed by atoms with Crippen molar-refractivity contribution in [2.45, 2.75) is 81.8 Å². The van der Waals surface area contributed by atoms with E-state index in [0.29, 0.717) is 25.9 Å². The number of piperidine rings is 1. The van der Waals surface area contributed by atoms with Gasteiger partial charge in [0.15, 0.2) is 9.84 Å². The Bertz CT molecular complexity index is 1010. The van der Waals surface area contributed by atoms with Gasteiger partial charge in [0, 0.05) is 25.4 Å². The fraction of sp³-hybridized carbons (Fsp3) is 0.708. The van der Waals surface area contributed by atoms with Gasteiger partial charge < -0.3 is 0 Å². The molecule has 0 N–H and O–H groups in total. The maximum atomic E-state index is 12.9. The van der Waals surface area contributed by atoms with E-state index in [9.17, 15) is 21.6 Å². The first-order chi connectivity index (χ1) is 14.9. The Balaban J connectivity index is 1.58.